The number of carbonyl (C=O) groups excluding carboxylic acids is 1. The van der Waals surface area contributed by atoms with E-state index < -0.39 is 10.0 Å². The molecule has 0 saturated carbocycles. The first-order chi connectivity index (χ1) is 11.2. The molecule has 0 unspecified atom stereocenters. The SMILES string of the molecule is CC(C)c1cccc(N(C)C(=O)c2ccccc2NS(C)(=O)=O)c1. The topological polar surface area (TPSA) is 66.5 Å². The lowest BCUT2D eigenvalue weighted by molar-refractivity contribution is 0.0994. The van der Waals surface area contributed by atoms with Gasteiger partial charge >= 0.3 is 0 Å². The Kier molecular flexibility index (Phi) is 5.29. The zero-order valence-corrected chi connectivity index (χ0v) is 15.1. The molecule has 2 aromatic carbocycles. The van der Waals surface area contributed by atoms with Crippen LogP contribution in [0, 0.1) is 0 Å². The lowest BCUT2D eigenvalue weighted by Crippen LogP contribution is -2.27. The highest BCUT2D eigenvalue weighted by Crippen LogP contribution is 2.24. The highest BCUT2D eigenvalue weighted by molar-refractivity contribution is 7.92. The van der Waals surface area contributed by atoms with E-state index >= 15 is 0 Å². The summed E-state index contributed by atoms with van der Waals surface area (Å²) in [5, 5.41) is 0. The molecule has 6 heteroatoms. The number of rotatable bonds is 5. The van der Waals surface area contributed by atoms with Crippen molar-refractivity contribution in [3.8, 4) is 0 Å². The zero-order chi connectivity index (χ0) is 17.9. The molecule has 0 atom stereocenters. The number of carbonyl (C=O) groups is 1. The first-order valence-electron chi connectivity index (χ1n) is 7.64. The summed E-state index contributed by atoms with van der Waals surface area (Å²) in [7, 11) is -1.78. The van der Waals surface area contributed by atoms with E-state index in [4.69, 9.17) is 0 Å². The minimum Gasteiger partial charge on any atom is -0.311 e. The summed E-state index contributed by atoms with van der Waals surface area (Å²) in [6.45, 7) is 4.18. The molecule has 128 valence electrons. The second-order valence-electron chi connectivity index (χ2n) is 6.03. The lowest BCUT2D eigenvalue weighted by atomic mass is 10.0. The fourth-order valence-electron chi connectivity index (χ4n) is 2.35. The second kappa shape index (κ2) is 7.05. The van der Waals surface area contributed by atoms with Crippen LogP contribution < -0.4 is 9.62 Å². The second-order valence-corrected chi connectivity index (χ2v) is 7.78. The maximum atomic E-state index is 12.8. The van der Waals surface area contributed by atoms with Crippen molar-refractivity contribution in [2.45, 2.75) is 19.8 Å². The Bertz CT molecular complexity index is 845. The van der Waals surface area contributed by atoms with Gasteiger partial charge in [0.05, 0.1) is 17.5 Å². The first-order valence-corrected chi connectivity index (χ1v) is 9.53. The Hall–Kier alpha value is -2.34. The van der Waals surface area contributed by atoms with Crippen LogP contribution in [0.15, 0.2) is 48.5 Å². The van der Waals surface area contributed by atoms with Crippen LogP contribution >= 0.6 is 0 Å². The molecule has 0 spiro atoms. The summed E-state index contributed by atoms with van der Waals surface area (Å²) < 4.78 is 25.4. The Morgan fingerprint density at radius 2 is 1.75 bits per heavy atom. The van der Waals surface area contributed by atoms with E-state index in [2.05, 4.69) is 18.6 Å². The van der Waals surface area contributed by atoms with E-state index in [1.165, 1.54) is 4.90 Å². The number of nitrogens with one attached hydrogen (secondary N) is 1. The van der Waals surface area contributed by atoms with E-state index in [9.17, 15) is 13.2 Å². The van der Waals surface area contributed by atoms with E-state index in [0.717, 1.165) is 17.5 Å². The molecule has 0 heterocycles. The number of amides is 1. The third-order valence-electron chi connectivity index (χ3n) is 3.68. The van der Waals surface area contributed by atoms with Crippen molar-refractivity contribution >= 4 is 27.3 Å². The van der Waals surface area contributed by atoms with Gasteiger partial charge in [0.2, 0.25) is 10.0 Å². The molecule has 0 saturated heterocycles. The highest BCUT2D eigenvalue weighted by atomic mass is 32.2. The molecule has 0 aliphatic carbocycles. The van der Waals surface area contributed by atoms with Gasteiger partial charge in [0, 0.05) is 12.7 Å². The fraction of sp³-hybridized carbons (Fsp3) is 0.278. The van der Waals surface area contributed by atoms with Crippen molar-refractivity contribution in [2.75, 3.05) is 22.9 Å². The van der Waals surface area contributed by atoms with Crippen LogP contribution in [-0.2, 0) is 10.0 Å². The van der Waals surface area contributed by atoms with E-state index in [0.29, 0.717) is 11.5 Å². The molecule has 2 aromatic rings. The quantitative estimate of drug-likeness (QED) is 0.901. The molecular weight excluding hydrogens is 324 g/mol. The van der Waals surface area contributed by atoms with Gasteiger partial charge in [-0.15, -0.1) is 0 Å². The van der Waals surface area contributed by atoms with Crippen molar-refractivity contribution in [1.82, 2.24) is 0 Å². The normalized spacial score (nSPS) is 11.4. The third-order valence-corrected chi connectivity index (χ3v) is 4.27. The summed E-state index contributed by atoms with van der Waals surface area (Å²) in [4.78, 5) is 14.3. The Labute approximate surface area is 143 Å². The molecule has 0 bridgehead atoms. The molecule has 24 heavy (non-hydrogen) atoms. The van der Waals surface area contributed by atoms with Crippen LogP contribution in [0.1, 0.15) is 35.7 Å². The molecule has 0 fully saturated rings. The van der Waals surface area contributed by atoms with Crippen LogP contribution in [0.3, 0.4) is 0 Å². The first kappa shape index (κ1) is 18.0. The number of benzene rings is 2. The molecule has 0 radical (unpaired) electrons. The number of para-hydroxylation sites is 1. The largest absolute Gasteiger partial charge is 0.311 e. The average Bonchev–Trinajstić information content (AvgIpc) is 2.52. The van der Waals surface area contributed by atoms with Crippen molar-refractivity contribution in [3.63, 3.8) is 0 Å². The lowest BCUT2D eigenvalue weighted by Gasteiger charge is -2.20. The Morgan fingerprint density at radius 1 is 1.08 bits per heavy atom. The van der Waals surface area contributed by atoms with Gasteiger partial charge in [0.1, 0.15) is 0 Å². The molecule has 1 N–H and O–H groups in total. The maximum Gasteiger partial charge on any atom is 0.260 e. The molecule has 2 rings (SSSR count). The summed E-state index contributed by atoms with van der Waals surface area (Å²) in [6.07, 6.45) is 1.06. The minimum atomic E-state index is -3.46. The monoisotopic (exact) mass is 346 g/mol. The molecule has 0 aliphatic heterocycles. The van der Waals surface area contributed by atoms with Crippen molar-refractivity contribution in [3.05, 3.63) is 59.7 Å². The zero-order valence-electron chi connectivity index (χ0n) is 14.3. The summed E-state index contributed by atoms with van der Waals surface area (Å²) in [5.74, 6) is 0.0790. The highest BCUT2D eigenvalue weighted by Gasteiger charge is 2.19. The Morgan fingerprint density at radius 3 is 2.38 bits per heavy atom. The van der Waals surface area contributed by atoms with Gasteiger partial charge in [-0.25, -0.2) is 8.42 Å². The standard InChI is InChI=1S/C18H22N2O3S/c1-13(2)14-8-7-9-15(12-14)20(3)18(21)16-10-5-6-11-17(16)19-24(4,22)23/h5-13,19H,1-4H3. The van der Waals surface area contributed by atoms with Crippen LogP contribution in [0.25, 0.3) is 0 Å². The summed E-state index contributed by atoms with van der Waals surface area (Å²) >= 11 is 0. The number of anilines is 2. The molecule has 0 aliphatic rings. The van der Waals surface area contributed by atoms with Crippen LogP contribution in [-0.4, -0.2) is 27.6 Å². The summed E-state index contributed by atoms with van der Waals surface area (Å²) in [6, 6.07) is 14.3. The average molecular weight is 346 g/mol. The van der Waals surface area contributed by atoms with Gasteiger partial charge in [0.25, 0.3) is 5.91 Å². The molecule has 0 aromatic heterocycles. The smallest absolute Gasteiger partial charge is 0.260 e. The van der Waals surface area contributed by atoms with Crippen LogP contribution in [0.2, 0.25) is 0 Å². The van der Waals surface area contributed by atoms with Crippen LogP contribution in [0.5, 0.6) is 0 Å². The number of hydrogen-bond donors (Lipinski definition) is 1. The minimum absolute atomic E-state index is 0.275. The summed E-state index contributed by atoms with van der Waals surface area (Å²) in [5.41, 5.74) is 2.48. The molecular formula is C18H22N2O3S. The predicted molar refractivity (Wildman–Crippen MR) is 98.2 cm³/mol. The van der Waals surface area contributed by atoms with Gasteiger partial charge < -0.3 is 4.90 Å². The number of sulfonamides is 1. The van der Waals surface area contributed by atoms with Gasteiger partial charge in [0.15, 0.2) is 0 Å². The number of nitrogens with zero attached hydrogens (tertiary/aromatic N) is 1. The van der Waals surface area contributed by atoms with E-state index in [1.807, 2.05) is 24.3 Å². The van der Waals surface area contributed by atoms with Crippen molar-refractivity contribution in [1.29, 1.82) is 0 Å². The predicted octanol–water partition coefficient (Wildman–Crippen LogP) is 3.46. The van der Waals surface area contributed by atoms with Gasteiger partial charge in [-0.05, 0) is 35.7 Å². The van der Waals surface area contributed by atoms with Gasteiger partial charge in [-0.3, -0.25) is 9.52 Å². The maximum absolute atomic E-state index is 12.8. The molecule has 5 nitrogen and oxygen atoms in total. The molecule has 1 amide bonds. The van der Waals surface area contributed by atoms with Gasteiger partial charge in [-0.1, -0.05) is 38.1 Å². The van der Waals surface area contributed by atoms with Crippen molar-refractivity contribution in [2.24, 2.45) is 0 Å². The Balaban J connectivity index is 2.37. The van der Waals surface area contributed by atoms with E-state index in [1.54, 1.807) is 31.3 Å². The van der Waals surface area contributed by atoms with E-state index in [-0.39, 0.29) is 11.6 Å². The third kappa shape index (κ3) is 4.35. The fourth-order valence-corrected chi connectivity index (χ4v) is 2.93. The van der Waals surface area contributed by atoms with Gasteiger partial charge in [-0.2, -0.15) is 0 Å². The van der Waals surface area contributed by atoms with Crippen molar-refractivity contribution < 1.29 is 13.2 Å². The number of hydrogen-bond acceptors (Lipinski definition) is 3. The van der Waals surface area contributed by atoms with Crippen LogP contribution in [0.4, 0.5) is 11.4 Å².